The summed E-state index contributed by atoms with van der Waals surface area (Å²) in [5.41, 5.74) is 2.29. The van der Waals surface area contributed by atoms with E-state index in [4.69, 9.17) is 0 Å². The van der Waals surface area contributed by atoms with Gasteiger partial charge in [0.1, 0.15) is 23.5 Å². The molecule has 2 heterocycles. The number of carbonyl (C=O) groups excluding carboxylic acids is 1. The molecule has 3 aromatic rings. The lowest BCUT2D eigenvalue weighted by Gasteiger charge is -2.19. The third kappa shape index (κ3) is 2.98. The van der Waals surface area contributed by atoms with Crippen LogP contribution in [0.2, 0.25) is 0 Å². The molecule has 1 aromatic heterocycles. The summed E-state index contributed by atoms with van der Waals surface area (Å²) in [7, 11) is 0. The van der Waals surface area contributed by atoms with Crippen molar-refractivity contribution < 1.29 is 9.18 Å². The van der Waals surface area contributed by atoms with E-state index in [1.807, 2.05) is 36.1 Å². The van der Waals surface area contributed by atoms with E-state index < -0.39 is 0 Å². The van der Waals surface area contributed by atoms with Crippen LogP contribution in [0, 0.1) is 5.82 Å². The SMILES string of the molecule is C[C@H](Nc1ncnc2c(F)cccc12)c1ccc(N2CCCC2=O)cc1. The standard InChI is InChI=1S/C20H19FN4O/c1-13(14-7-9-15(10-8-14)25-11-3-6-18(25)26)24-20-16-4-2-5-17(21)19(16)22-12-23-20/h2,4-5,7-10,12-13H,3,6,11H2,1H3,(H,22,23,24)/t13-/m0/s1. The summed E-state index contributed by atoms with van der Waals surface area (Å²) in [4.78, 5) is 22.0. The van der Waals surface area contributed by atoms with Crippen molar-refractivity contribution in [1.82, 2.24) is 9.97 Å². The van der Waals surface area contributed by atoms with Crippen LogP contribution in [0.4, 0.5) is 15.9 Å². The molecule has 2 aromatic carbocycles. The van der Waals surface area contributed by atoms with Gasteiger partial charge in [0.05, 0.1) is 0 Å². The van der Waals surface area contributed by atoms with Crippen LogP contribution < -0.4 is 10.2 Å². The van der Waals surface area contributed by atoms with Crippen LogP contribution in [0.1, 0.15) is 31.4 Å². The summed E-state index contributed by atoms with van der Waals surface area (Å²) in [6, 6.07) is 12.8. The molecular formula is C20H19FN4O. The largest absolute Gasteiger partial charge is 0.363 e. The molecule has 5 nitrogen and oxygen atoms in total. The van der Waals surface area contributed by atoms with E-state index in [0.717, 1.165) is 24.2 Å². The third-order valence-corrected chi connectivity index (χ3v) is 4.75. The first-order valence-electron chi connectivity index (χ1n) is 8.69. The zero-order valence-corrected chi connectivity index (χ0v) is 14.4. The number of fused-ring (bicyclic) bond motifs is 1. The number of hydrogen-bond acceptors (Lipinski definition) is 4. The van der Waals surface area contributed by atoms with Crippen molar-refractivity contribution in [3.8, 4) is 0 Å². The fourth-order valence-electron chi connectivity index (χ4n) is 3.32. The quantitative estimate of drug-likeness (QED) is 0.771. The number of benzene rings is 2. The van der Waals surface area contributed by atoms with Crippen molar-refractivity contribution in [3.05, 3.63) is 60.2 Å². The van der Waals surface area contributed by atoms with Gasteiger partial charge in [0.25, 0.3) is 0 Å². The lowest BCUT2D eigenvalue weighted by Crippen LogP contribution is -2.23. The molecule has 0 radical (unpaired) electrons. The third-order valence-electron chi connectivity index (χ3n) is 4.75. The van der Waals surface area contributed by atoms with Crippen molar-refractivity contribution in [2.24, 2.45) is 0 Å². The first kappa shape index (κ1) is 16.4. The fourth-order valence-corrected chi connectivity index (χ4v) is 3.32. The predicted molar refractivity (Wildman–Crippen MR) is 99.6 cm³/mol. The summed E-state index contributed by atoms with van der Waals surface area (Å²) in [6.07, 6.45) is 2.90. The number of para-hydroxylation sites is 1. The lowest BCUT2D eigenvalue weighted by molar-refractivity contribution is -0.117. The minimum Gasteiger partial charge on any atom is -0.363 e. The summed E-state index contributed by atoms with van der Waals surface area (Å²) in [5.74, 6) is 0.416. The van der Waals surface area contributed by atoms with Gasteiger partial charge in [0, 0.05) is 30.1 Å². The molecule has 1 aliphatic rings. The van der Waals surface area contributed by atoms with Crippen LogP contribution in [0.15, 0.2) is 48.8 Å². The van der Waals surface area contributed by atoms with Crippen molar-refractivity contribution in [3.63, 3.8) is 0 Å². The van der Waals surface area contributed by atoms with E-state index in [9.17, 15) is 9.18 Å². The first-order valence-corrected chi connectivity index (χ1v) is 8.69. The molecule has 26 heavy (non-hydrogen) atoms. The Bertz CT molecular complexity index is 958. The second kappa shape index (κ2) is 6.71. The van der Waals surface area contributed by atoms with E-state index in [0.29, 0.717) is 23.1 Å². The molecule has 0 bridgehead atoms. The van der Waals surface area contributed by atoms with Crippen LogP contribution in [-0.2, 0) is 4.79 Å². The summed E-state index contributed by atoms with van der Waals surface area (Å²) in [6.45, 7) is 2.80. The van der Waals surface area contributed by atoms with E-state index >= 15 is 0 Å². The molecule has 1 N–H and O–H groups in total. The minimum absolute atomic E-state index is 0.0281. The average molecular weight is 350 g/mol. The van der Waals surface area contributed by atoms with Crippen molar-refractivity contribution in [2.45, 2.75) is 25.8 Å². The number of halogens is 1. The van der Waals surface area contributed by atoms with E-state index in [1.54, 1.807) is 12.1 Å². The number of carbonyl (C=O) groups is 1. The van der Waals surface area contributed by atoms with Gasteiger partial charge >= 0.3 is 0 Å². The molecule has 1 atom stereocenters. The second-order valence-corrected chi connectivity index (χ2v) is 6.46. The van der Waals surface area contributed by atoms with E-state index in [1.165, 1.54) is 12.4 Å². The number of nitrogens with zero attached hydrogens (tertiary/aromatic N) is 3. The number of aromatic nitrogens is 2. The summed E-state index contributed by atoms with van der Waals surface area (Å²) < 4.78 is 13.9. The highest BCUT2D eigenvalue weighted by molar-refractivity contribution is 5.95. The number of rotatable bonds is 4. The molecule has 6 heteroatoms. The maximum absolute atomic E-state index is 13.9. The minimum atomic E-state index is -0.361. The second-order valence-electron chi connectivity index (χ2n) is 6.46. The Morgan fingerprint density at radius 3 is 2.69 bits per heavy atom. The summed E-state index contributed by atoms with van der Waals surface area (Å²) in [5, 5.41) is 3.98. The van der Waals surface area contributed by atoms with Crippen molar-refractivity contribution in [2.75, 3.05) is 16.8 Å². The van der Waals surface area contributed by atoms with Crippen LogP contribution in [-0.4, -0.2) is 22.4 Å². The Morgan fingerprint density at radius 1 is 1.15 bits per heavy atom. The Balaban J connectivity index is 1.56. The number of hydrogen-bond donors (Lipinski definition) is 1. The van der Waals surface area contributed by atoms with Gasteiger partial charge in [0.2, 0.25) is 5.91 Å². The van der Waals surface area contributed by atoms with Gasteiger partial charge < -0.3 is 10.2 Å². The van der Waals surface area contributed by atoms with E-state index in [2.05, 4.69) is 15.3 Å². The Kier molecular flexibility index (Phi) is 4.24. The molecule has 132 valence electrons. The van der Waals surface area contributed by atoms with Crippen LogP contribution in [0.5, 0.6) is 0 Å². The molecule has 0 spiro atoms. The van der Waals surface area contributed by atoms with Gasteiger partial charge in [-0.05, 0) is 43.2 Å². The zero-order chi connectivity index (χ0) is 18.1. The van der Waals surface area contributed by atoms with Crippen molar-refractivity contribution in [1.29, 1.82) is 0 Å². The average Bonchev–Trinajstić information content (AvgIpc) is 3.09. The molecule has 1 saturated heterocycles. The van der Waals surface area contributed by atoms with Gasteiger partial charge in [-0.1, -0.05) is 18.2 Å². The molecule has 1 amide bonds. The molecule has 1 aliphatic heterocycles. The molecule has 1 fully saturated rings. The monoisotopic (exact) mass is 350 g/mol. The number of amides is 1. The maximum Gasteiger partial charge on any atom is 0.227 e. The Hall–Kier alpha value is -3.02. The van der Waals surface area contributed by atoms with Gasteiger partial charge in [-0.25, -0.2) is 14.4 Å². The highest BCUT2D eigenvalue weighted by Crippen LogP contribution is 2.27. The van der Waals surface area contributed by atoms with Crippen LogP contribution in [0.3, 0.4) is 0 Å². The van der Waals surface area contributed by atoms with Gasteiger partial charge in [-0.3, -0.25) is 4.79 Å². The number of anilines is 2. The first-order chi connectivity index (χ1) is 12.6. The van der Waals surface area contributed by atoms with Crippen LogP contribution in [0.25, 0.3) is 10.9 Å². The number of nitrogens with one attached hydrogen (secondary N) is 1. The normalized spacial score (nSPS) is 15.5. The molecule has 0 unspecified atom stereocenters. The predicted octanol–water partition coefficient (Wildman–Crippen LogP) is 4.07. The molecule has 0 saturated carbocycles. The molecular weight excluding hydrogens is 331 g/mol. The topological polar surface area (TPSA) is 58.1 Å². The molecule has 4 rings (SSSR count). The zero-order valence-electron chi connectivity index (χ0n) is 14.4. The lowest BCUT2D eigenvalue weighted by atomic mass is 10.1. The Labute approximate surface area is 150 Å². The Morgan fingerprint density at radius 2 is 1.96 bits per heavy atom. The molecule has 0 aliphatic carbocycles. The van der Waals surface area contributed by atoms with Gasteiger partial charge in [0.15, 0.2) is 0 Å². The van der Waals surface area contributed by atoms with Gasteiger partial charge in [-0.2, -0.15) is 0 Å². The highest BCUT2D eigenvalue weighted by Gasteiger charge is 2.21. The maximum atomic E-state index is 13.9. The van der Waals surface area contributed by atoms with E-state index in [-0.39, 0.29) is 17.8 Å². The smallest absolute Gasteiger partial charge is 0.227 e. The van der Waals surface area contributed by atoms with Crippen LogP contribution >= 0.6 is 0 Å². The summed E-state index contributed by atoms with van der Waals surface area (Å²) >= 11 is 0. The highest BCUT2D eigenvalue weighted by atomic mass is 19.1. The fraction of sp³-hybridized carbons (Fsp3) is 0.250. The van der Waals surface area contributed by atoms with Gasteiger partial charge in [-0.15, -0.1) is 0 Å². The van der Waals surface area contributed by atoms with Crippen molar-refractivity contribution >= 4 is 28.3 Å².